The van der Waals surface area contributed by atoms with Gasteiger partial charge in [-0.2, -0.15) is 0 Å². The van der Waals surface area contributed by atoms with Gasteiger partial charge in [-0.1, -0.05) is 24.3 Å². The monoisotopic (exact) mass is 565 g/mol. The first-order valence-electron chi connectivity index (χ1n) is 13.5. The summed E-state index contributed by atoms with van der Waals surface area (Å²) >= 11 is 0. The van der Waals surface area contributed by atoms with Crippen molar-refractivity contribution in [3.63, 3.8) is 0 Å². The molecule has 10 nitrogen and oxygen atoms in total. The van der Waals surface area contributed by atoms with Gasteiger partial charge in [-0.25, -0.2) is 0 Å². The van der Waals surface area contributed by atoms with Gasteiger partial charge in [-0.15, -0.1) is 5.10 Å². The summed E-state index contributed by atoms with van der Waals surface area (Å²) in [5.41, 5.74) is 1.23. The molecule has 4 heterocycles. The molecule has 3 aliphatic heterocycles. The number of para-hydroxylation sites is 2. The maximum Gasteiger partial charge on any atom is 0.269 e. The lowest BCUT2D eigenvalue weighted by Gasteiger charge is -2.32. The second-order valence-electron chi connectivity index (χ2n) is 11.2. The molecule has 1 spiro atoms. The van der Waals surface area contributed by atoms with E-state index >= 15 is 4.11 Å². The van der Waals surface area contributed by atoms with Crippen LogP contribution in [-0.4, -0.2) is 59.6 Å². The molecule has 2 N–H and O–H groups in total. The molecule has 6 rings (SSSR count). The van der Waals surface area contributed by atoms with Crippen LogP contribution in [0.2, 0.25) is 18.6 Å². The number of carbonyl (C=O) groups is 2. The van der Waals surface area contributed by atoms with E-state index in [0.29, 0.717) is 53.5 Å². The zero-order valence-electron chi connectivity index (χ0n) is 22.6. The fourth-order valence-corrected chi connectivity index (χ4v) is 9.13. The SMILES string of the molecule is C[C@@H]1[C@@H]([Si](C)(C)F)[C@H](CCn2cc(CCO)nn2)O[C@@]12C(=O)Nc1ccc(N3C(=O)COc4ccccc43)cc12. The van der Waals surface area contributed by atoms with Gasteiger partial charge < -0.3 is 24.0 Å². The number of anilines is 3. The largest absolute Gasteiger partial charge is 0.482 e. The van der Waals surface area contributed by atoms with Crippen molar-refractivity contribution in [2.24, 2.45) is 5.92 Å². The van der Waals surface area contributed by atoms with Gasteiger partial charge in [0, 0.05) is 54.2 Å². The van der Waals surface area contributed by atoms with Crippen LogP contribution in [-0.2, 0) is 32.9 Å². The van der Waals surface area contributed by atoms with Crippen LogP contribution < -0.4 is 15.0 Å². The summed E-state index contributed by atoms with van der Waals surface area (Å²) in [6.45, 7) is 5.52. The second kappa shape index (κ2) is 9.79. The zero-order valence-corrected chi connectivity index (χ0v) is 23.6. The molecular formula is C28H32FN5O5Si. The number of hydrogen-bond acceptors (Lipinski definition) is 7. The minimum Gasteiger partial charge on any atom is -0.482 e. The highest BCUT2D eigenvalue weighted by atomic mass is 28.4. The molecule has 0 radical (unpaired) electrons. The Balaban J connectivity index is 1.36. The third kappa shape index (κ3) is 4.21. The minimum absolute atomic E-state index is 0.0215. The number of fused-ring (bicyclic) bond motifs is 3. The molecule has 0 unspecified atom stereocenters. The van der Waals surface area contributed by atoms with Crippen molar-refractivity contribution in [2.45, 2.75) is 56.7 Å². The van der Waals surface area contributed by atoms with Gasteiger partial charge in [0.1, 0.15) is 5.75 Å². The van der Waals surface area contributed by atoms with Gasteiger partial charge in [-0.3, -0.25) is 19.2 Å². The van der Waals surface area contributed by atoms with E-state index in [1.54, 1.807) is 41.0 Å². The number of ether oxygens (including phenoxy) is 2. The van der Waals surface area contributed by atoms with Crippen LogP contribution in [0.25, 0.3) is 0 Å². The number of aliphatic hydroxyl groups excluding tert-OH is 1. The molecule has 1 aromatic heterocycles. The molecule has 2 aromatic carbocycles. The number of rotatable bonds is 7. The molecule has 3 aliphatic rings. The zero-order chi connectivity index (χ0) is 28.2. The predicted octanol–water partition coefficient (Wildman–Crippen LogP) is 3.69. The van der Waals surface area contributed by atoms with Gasteiger partial charge in [0.2, 0.25) is 8.41 Å². The van der Waals surface area contributed by atoms with Crippen LogP contribution in [0.3, 0.4) is 0 Å². The van der Waals surface area contributed by atoms with E-state index in [1.807, 2.05) is 37.3 Å². The highest BCUT2D eigenvalue weighted by molar-refractivity contribution is 6.72. The van der Waals surface area contributed by atoms with Gasteiger partial charge in [0.15, 0.2) is 12.2 Å². The van der Waals surface area contributed by atoms with Crippen molar-refractivity contribution >= 4 is 37.3 Å². The third-order valence-corrected chi connectivity index (χ3v) is 10.7. The van der Waals surface area contributed by atoms with Gasteiger partial charge in [0.25, 0.3) is 11.8 Å². The van der Waals surface area contributed by atoms with Crippen molar-refractivity contribution in [3.05, 3.63) is 59.9 Å². The van der Waals surface area contributed by atoms with E-state index in [4.69, 9.17) is 9.47 Å². The lowest BCUT2D eigenvalue weighted by Crippen LogP contribution is -2.42. The van der Waals surface area contributed by atoms with E-state index in [0.717, 1.165) is 0 Å². The normalized spacial score (nSPS) is 25.6. The highest BCUT2D eigenvalue weighted by Gasteiger charge is 2.65. The Bertz CT molecular complexity index is 1480. The first-order valence-corrected chi connectivity index (χ1v) is 16.5. The van der Waals surface area contributed by atoms with Crippen molar-refractivity contribution in [1.82, 2.24) is 15.0 Å². The highest BCUT2D eigenvalue weighted by Crippen LogP contribution is 2.59. The molecule has 4 atom stereocenters. The summed E-state index contributed by atoms with van der Waals surface area (Å²) in [4.78, 5) is 28.3. The maximum atomic E-state index is 15.9. The van der Waals surface area contributed by atoms with Gasteiger partial charge in [-0.05, 0) is 49.8 Å². The molecule has 3 aromatic rings. The van der Waals surface area contributed by atoms with Crippen LogP contribution in [0.15, 0.2) is 48.7 Å². The molecular weight excluding hydrogens is 533 g/mol. The predicted molar refractivity (Wildman–Crippen MR) is 148 cm³/mol. The van der Waals surface area contributed by atoms with Gasteiger partial charge in [0.05, 0.1) is 17.5 Å². The Kier molecular flexibility index (Phi) is 6.51. The van der Waals surface area contributed by atoms with E-state index in [-0.39, 0.29) is 25.0 Å². The van der Waals surface area contributed by atoms with E-state index in [2.05, 4.69) is 15.6 Å². The molecule has 0 saturated carbocycles. The Morgan fingerprint density at radius 1 is 1.23 bits per heavy atom. The van der Waals surface area contributed by atoms with E-state index in [9.17, 15) is 14.7 Å². The van der Waals surface area contributed by atoms with Crippen LogP contribution >= 0.6 is 0 Å². The number of carbonyl (C=O) groups excluding carboxylic acids is 2. The minimum atomic E-state index is -3.31. The number of benzene rings is 2. The van der Waals surface area contributed by atoms with Crippen LogP contribution in [0, 0.1) is 5.92 Å². The van der Waals surface area contributed by atoms with Crippen molar-refractivity contribution in [2.75, 3.05) is 23.4 Å². The summed E-state index contributed by atoms with van der Waals surface area (Å²) in [6, 6.07) is 12.7. The number of hydrogen-bond donors (Lipinski definition) is 2. The number of halogens is 1. The third-order valence-electron chi connectivity index (χ3n) is 8.26. The molecule has 0 aliphatic carbocycles. The maximum absolute atomic E-state index is 15.9. The molecule has 40 heavy (non-hydrogen) atoms. The molecule has 1 saturated heterocycles. The Morgan fingerprint density at radius 3 is 2.80 bits per heavy atom. The number of aromatic nitrogens is 3. The standard InChI is InChI=1S/C28H32FN5O5Si/c1-17-26(40(2,3)29)24(10-12-33-15-18(11-13-35)31-32-33)39-28(17)20-14-19(8-9-21(20)30-27(28)37)34-22-6-4-5-7-23(22)38-16-25(34)36/h4-9,14-15,17,24,26,35H,10-13,16H2,1-3H3,(H,30,37)/t17-,24+,26-,28+/m1/s1. The lowest BCUT2D eigenvalue weighted by molar-refractivity contribution is -0.143. The summed E-state index contributed by atoms with van der Waals surface area (Å²) in [7, 11) is -3.31. The van der Waals surface area contributed by atoms with E-state index in [1.165, 1.54) is 0 Å². The number of nitrogens with zero attached hydrogens (tertiary/aromatic N) is 4. The Labute approximate surface area is 232 Å². The van der Waals surface area contributed by atoms with Crippen LogP contribution in [0.1, 0.15) is 24.6 Å². The van der Waals surface area contributed by atoms with Gasteiger partial charge >= 0.3 is 0 Å². The quantitative estimate of drug-likeness (QED) is 0.331. The summed E-state index contributed by atoms with van der Waals surface area (Å²) < 4.78 is 29.9. The molecule has 0 bridgehead atoms. The number of nitrogens with one attached hydrogen (secondary N) is 1. The Morgan fingerprint density at radius 2 is 2.02 bits per heavy atom. The topological polar surface area (TPSA) is 119 Å². The summed E-state index contributed by atoms with van der Waals surface area (Å²) in [6.07, 6.45) is 2.08. The fourth-order valence-electron chi connectivity index (χ4n) is 6.59. The number of aryl methyl sites for hydroxylation is 1. The Hall–Kier alpha value is -3.61. The average molecular weight is 566 g/mol. The molecule has 2 amide bonds. The molecule has 210 valence electrons. The lowest BCUT2D eigenvalue weighted by atomic mass is 9.82. The summed E-state index contributed by atoms with van der Waals surface area (Å²) in [5, 5.41) is 20.3. The first-order chi connectivity index (χ1) is 19.1. The van der Waals surface area contributed by atoms with E-state index < -0.39 is 31.6 Å². The fraction of sp³-hybridized carbons (Fsp3) is 0.429. The first kappa shape index (κ1) is 26.6. The van der Waals surface area contributed by atoms with Crippen molar-refractivity contribution in [3.8, 4) is 5.75 Å². The molecule has 1 fully saturated rings. The average Bonchev–Trinajstić information content (AvgIpc) is 3.57. The van der Waals surface area contributed by atoms with Crippen LogP contribution in [0.5, 0.6) is 5.75 Å². The summed E-state index contributed by atoms with van der Waals surface area (Å²) in [5.74, 6) is -0.406. The number of aliphatic hydroxyl groups is 1. The van der Waals surface area contributed by atoms with Crippen molar-refractivity contribution in [1.29, 1.82) is 0 Å². The number of amides is 2. The smallest absolute Gasteiger partial charge is 0.269 e. The molecule has 12 heteroatoms. The second-order valence-corrected chi connectivity index (χ2v) is 15.0. The van der Waals surface area contributed by atoms with Crippen molar-refractivity contribution < 1.29 is 28.3 Å². The van der Waals surface area contributed by atoms with Crippen LogP contribution in [0.4, 0.5) is 21.2 Å².